The molecular formula is C20H32O2. The second-order valence-electron chi connectivity index (χ2n) is 7.79. The van der Waals surface area contributed by atoms with E-state index in [0.29, 0.717) is 12.3 Å². The van der Waals surface area contributed by atoms with Crippen LogP contribution in [0.15, 0.2) is 35.5 Å². The summed E-state index contributed by atoms with van der Waals surface area (Å²) in [5, 5.41) is 22.0. The fraction of sp³-hybridized carbons (Fsp3) is 0.700. The summed E-state index contributed by atoms with van der Waals surface area (Å²) in [7, 11) is 0. The first-order valence-corrected chi connectivity index (χ1v) is 8.62. The molecule has 2 rings (SSSR count). The Bertz CT molecular complexity index is 480. The number of aliphatic hydroxyl groups is 2. The summed E-state index contributed by atoms with van der Waals surface area (Å²) in [5.74, 6) is 0.440. The smallest absolute Gasteiger partial charge is 0.0675 e. The van der Waals surface area contributed by atoms with Crippen LogP contribution in [0.3, 0.4) is 0 Å². The molecule has 2 nitrogen and oxygen atoms in total. The van der Waals surface area contributed by atoms with Gasteiger partial charge in [-0.3, -0.25) is 0 Å². The summed E-state index contributed by atoms with van der Waals surface area (Å²) < 4.78 is 0. The van der Waals surface area contributed by atoms with Gasteiger partial charge < -0.3 is 10.2 Å². The molecule has 0 aromatic rings. The largest absolute Gasteiger partial charge is 0.392 e. The zero-order chi connectivity index (χ0) is 16.5. The Morgan fingerprint density at radius 2 is 2.14 bits per heavy atom. The Kier molecular flexibility index (Phi) is 5.34. The van der Waals surface area contributed by atoms with Crippen molar-refractivity contribution in [2.24, 2.45) is 17.8 Å². The summed E-state index contributed by atoms with van der Waals surface area (Å²) in [4.78, 5) is 0. The fourth-order valence-corrected chi connectivity index (χ4v) is 4.31. The highest BCUT2D eigenvalue weighted by Gasteiger charge is 2.46. The predicted octanol–water partition coefficient (Wildman–Crippen LogP) is 4.39. The molecule has 124 valence electrons. The van der Waals surface area contributed by atoms with E-state index in [9.17, 15) is 10.2 Å². The quantitative estimate of drug-likeness (QED) is 0.756. The molecule has 0 heterocycles. The molecule has 2 aliphatic carbocycles. The van der Waals surface area contributed by atoms with E-state index in [0.717, 1.165) is 25.7 Å². The van der Waals surface area contributed by atoms with Crippen molar-refractivity contribution in [3.8, 4) is 0 Å². The highest BCUT2D eigenvalue weighted by atomic mass is 16.3. The highest BCUT2D eigenvalue weighted by Crippen LogP contribution is 2.48. The molecule has 0 aromatic carbocycles. The van der Waals surface area contributed by atoms with E-state index in [-0.39, 0.29) is 11.8 Å². The lowest BCUT2D eigenvalue weighted by molar-refractivity contribution is -0.0793. The van der Waals surface area contributed by atoms with E-state index in [1.165, 1.54) is 16.7 Å². The molecule has 0 amide bonds. The van der Waals surface area contributed by atoms with E-state index in [2.05, 4.69) is 39.5 Å². The second-order valence-corrected chi connectivity index (χ2v) is 7.79. The Hall–Kier alpha value is -0.860. The van der Waals surface area contributed by atoms with Crippen molar-refractivity contribution in [3.63, 3.8) is 0 Å². The van der Waals surface area contributed by atoms with Gasteiger partial charge in [-0.1, -0.05) is 35.5 Å². The molecule has 0 radical (unpaired) electrons. The Labute approximate surface area is 135 Å². The number of rotatable bonds is 4. The Morgan fingerprint density at radius 1 is 1.45 bits per heavy atom. The average molecular weight is 304 g/mol. The van der Waals surface area contributed by atoms with Gasteiger partial charge in [-0.15, -0.1) is 0 Å². The molecule has 0 unspecified atom stereocenters. The zero-order valence-electron chi connectivity index (χ0n) is 14.6. The maximum atomic E-state index is 11.0. The van der Waals surface area contributed by atoms with Crippen LogP contribution in [0.4, 0.5) is 0 Å². The van der Waals surface area contributed by atoms with Gasteiger partial charge in [-0.25, -0.2) is 0 Å². The number of hydrogen-bond acceptors (Lipinski definition) is 2. The van der Waals surface area contributed by atoms with E-state index in [1.807, 2.05) is 6.92 Å². The third-order valence-corrected chi connectivity index (χ3v) is 5.74. The topological polar surface area (TPSA) is 40.5 Å². The van der Waals surface area contributed by atoms with Gasteiger partial charge >= 0.3 is 0 Å². The lowest BCUT2D eigenvalue weighted by Gasteiger charge is -2.38. The first kappa shape index (κ1) is 17.5. The molecule has 0 spiro atoms. The highest BCUT2D eigenvalue weighted by molar-refractivity contribution is 5.25. The van der Waals surface area contributed by atoms with Crippen LogP contribution in [-0.4, -0.2) is 21.9 Å². The maximum absolute atomic E-state index is 11.0. The first-order valence-electron chi connectivity index (χ1n) is 8.62. The lowest BCUT2D eigenvalue weighted by atomic mass is 9.74. The van der Waals surface area contributed by atoms with Crippen LogP contribution < -0.4 is 0 Å². The second kappa shape index (κ2) is 6.72. The molecule has 0 saturated heterocycles. The van der Waals surface area contributed by atoms with Crippen LogP contribution in [0.1, 0.15) is 59.8 Å². The van der Waals surface area contributed by atoms with Crippen molar-refractivity contribution in [2.45, 2.75) is 71.5 Å². The summed E-state index contributed by atoms with van der Waals surface area (Å²) in [6.07, 6.45) is 8.26. The van der Waals surface area contributed by atoms with Gasteiger partial charge in [0.25, 0.3) is 0 Å². The van der Waals surface area contributed by atoms with E-state index in [1.54, 1.807) is 0 Å². The molecular weight excluding hydrogens is 272 g/mol. The van der Waals surface area contributed by atoms with Gasteiger partial charge in [0.1, 0.15) is 0 Å². The monoisotopic (exact) mass is 304 g/mol. The van der Waals surface area contributed by atoms with E-state index < -0.39 is 11.7 Å². The van der Waals surface area contributed by atoms with Gasteiger partial charge in [0.15, 0.2) is 0 Å². The van der Waals surface area contributed by atoms with Crippen LogP contribution in [0.5, 0.6) is 0 Å². The predicted molar refractivity (Wildman–Crippen MR) is 92.5 cm³/mol. The minimum atomic E-state index is -0.830. The summed E-state index contributed by atoms with van der Waals surface area (Å²) in [5.41, 5.74) is 2.97. The third kappa shape index (κ3) is 3.55. The van der Waals surface area contributed by atoms with E-state index in [4.69, 9.17) is 0 Å². The molecule has 0 aliphatic heterocycles. The first-order chi connectivity index (χ1) is 10.2. The third-order valence-electron chi connectivity index (χ3n) is 5.74. The molecule has 5 atom stereocenters. The summed E-state index contributed by atoms with van der Waals surface area (Å²) in [6.45, 7) is 12.4. The molecule has 22 heavy (non-hydrogen) atoms. The minimum Gasteiger partial charge on any atom is -0.392 e. The van der Waals surface area contributed by atoms with E-state index >= 15 is 0 Å². The average Bonchev–Trinajstić information content (AvgIpc) is 2.73. The molecule has 0 aromatic heterocycles. The van der Waals surface area contributed by atoms with Crippen molar-refractivity contribution in [2.75, 3.05) is 0 Å². The van der Waals surface area contributed by atoms with Crippen LogP contribution in [0, 0.1) is 17.8 Å². The number of aliphatic hydroxyl groups excluding tert-OH is 1. The molecule has 1 saturated carbocycles. The van der Waals surface area contributed by atoms with Crippen molar-refractivity contribution in [3.05, 3.63) is 35.5 Å². The van der Waals surface area contributed by atoms with Crippen LogP contribution >= 0.6 is 0 Å². The van der Waals surface area contributed by atoms with Gasteiger partial charge in [0.2, 0.25) is 0 Å². The molecule has 2 N–H and O–H groups in total. The normalized spacial score (nSPS) is 34.5. The van der Waals surface area contributed by atoms with Crippen molar-refractivity contribution in [1.29, 1.82) is 0 Å². The fourth-order valence-electron chi connectivity index (χ4n) is 4.31. The number of hydrogen-bond donors (Lipinski definition) is 2. The molecule has 2 heteroatoms. The standard InChI is InChI=1S/C20H32O2/c1-13(2)7-6-12-20(5,22)17-11-9-14(3)16-10-8-15(4)18(16)19(17)21/h7-8,16-19,21-22H,3,6,9-12H2,1-2,4-5H3/t16-,17-,18-,19-,20-/m1/s1. The maximum Gasteiger partial charge on any atom is 0.0675 e. The number of allylic oxidation sites excluding steroid dienone is 4. The van der Waals surface area contributed by atoms with Crippen molar-refractivity contribution in [1.82, 2.24) is 0 Å². The Morgan fingerprint density at radius 3 is 2.77 bits per heavy atom. The minimum absolute atomic E-state index is 0.0775. The van der Waals surface area contributed by atoms with Crippen LogP contribution in [0.2, 0.25) is 0 Å². The van der Waals surface area contributed by atoms with Gasteiger partial charge in [-0.2, -0.15) is 0 Å². The van der Waals surface area contributed by atoms with Crippen LogP contribution in [-0.2, 0) is 0 Å². The SMILES string of the molecule is C=C1CC[C@@H]([C@](C)(O)CCC=C(C)C)[C@@H](O)[C@@H]2C(C)=CC[C@H]12. The lowest BCUT2D eigenvalue weighted by Crippen LogP contribution is -2.45. The zero-order valence-corrected chi connectivity index (χ0v) is 14.6. The van der Waals surface area contributed by atoms with Crippen molar-refractivity contribution < 1.29 is 10.2 Å². The van der Waals surface area contributed by atoms with Crippen LogP contribution in [0.25, 0.3) is 0 Å². The van der Waals surface area contributed by atoms with Gasteiger partial charge in [0, 0.05) is 11.8 Å². The molecule has 0 bridgehead atoms. The van der Waals surface area contributed by atoms with Gasteiger partial charge in [0.05, 0.1) is 11.7 Å². The Balaban J connectivity index is 2.17. The van der Waals surface area contributed by atoms with Gasteiger partial charge in [-0.05, 0) is 65.7 Å². The molecule has 1 fully saturated rings. The van der Waals surface area contributed by atoms with Crippen molar-refractivity contribution >= 4 is 0 Å². The summed E-state index contributed by atoms with van der Waals surface area (Å²) >= 11 is 0. The summed E-state index contributed by atoms with van der Waals surface area (Å²) in [6, 6.07) is 0. The number of fused-ring (bicyclic) bond motifs is 1. The molecule has 2 aliphatic rings.